The lowest BCUT2D eigenvalue weighted by Crippen LogP contribution is -2.18. The van der Waals surface area contributed by atoms with Gasteiger partial charge in [0.05, 0.1) is 29.2 Å². The van der Waals surface area contributed by atoms with Crippen LogP contribution in [0.1, 0.15) is 27.7 Å². The van der Waals surface area contributed by atoms with E-state index in [-0.39, 0.29) is 22.4 Å². The summed E-state index contributed by atoms with van der Waals surface area (Å²) in [4.78, 5) is 36.9. The molecule has 1 heterocycles. The third-order valence-corrected chi connectivity index (χ3v) is 6.25. The Morgan fingerprint density at radius 3 is 2.47 bits per heavy atom. The summed E-state index contributed by atoms with van der Waals surface area (Å²) in [6.45, 7) is 7.17. The van der Waals surface area contributed by atoms with E-state index in [1.165, 1.54) is 18.2 Å². The van der Waals surface area contributed by atoms with Crippen LogP contribution in [0.15, 0.2) is 60.2 Å². The summed E-state index contributed by atoms with van der Waals surface area (Å²) >= 11 is 0.743. The normalized spacial score (nSPS) is 13.7. The minimum atomic E-state index is -4.42. The lowest BCUT2D eigenvalue weighted by atomic mass is 10.1. The maximum Gasteiger partial charge on any atom is 0.356 e. The van der Waals surface area contributed by atoms with Gasteiger partial charge in [-0.25, -0.2) is 4.98 Å². The molecule has 1 amide bonds. The summed E-state index contributed by atoms with van der Waals surface area (Å²) < 4.78 is 36.7. The van der Waals surface area contributed by atoms with Gasteiger partial charge in [-0.2, -0.15) is 4.39 Å². The predicted molar refractivity (Wildman–Crippen MR) is 140 cm³/mol. The fraction of sp³-hybridized carbons (Fsp3) is 0.333. The summed E-state index contributed by atoms with van der Waals surface area (Å²) in [7, 11) is -0.954. The maximum atomic E-state index is 13.1. The molecular weight excluding hydrogens is 508 g/mol. The number of anilines is 2. The van der Waals surface area contributed by atoms with Crippen molar-refractivity contribution >= 4 is 41.0 Å². The molecule has 1 aromatic heterocycles. The number of carbonyl (C=O) groups is 1. The Morgan fingerprint density at radius 2 is 1.94 bits per heavy atom. The van der Waals surface area contributed by atoms with Gasteiger partial charge in [0.2, 0.25) is 5.91 Å². The average Bonchev–Trinajstić information content (AvgIpc) is 3.19. The number of halogens is 1. The molecule has 1 unspecified atom stereocenters. The molecule has 1 atom stereocenters. The second-order valence-electron chi connectivity index (χ2n) is 8.20. The van der Waals surface area contributed by atoms with Crippen LogP contribution in [-0.4, -0.2) is 40.9 Å². The first kappa shape index (κ1) is 29.3. The van der Waals surface area contributed by atoms with Crippen LogP contribution in [0.4, 0.5) is 15.2 Å². The van der Waals surface area contributed by atoms with E-state index in [0.717, 1.165) is 17.5 Å². The number of aromatic nitrogens is 1. The topological polar surface area (TPSA) is 121 Å². The first-order valence-electron chi connectivity index (χ1n) is 11.0. The van der Waals surface area contributed by atoms with E-state index in [0.29, 0.717) is 23.0 Å². The molecule has 0 bridgehead atoms. The van der Waals surface area contributed by atoms with Crippen LogP contribution in [0.5, 0.6) is 5.75 Å². The molecule has 1 aromatic carbocycles. The number of benzene rings is 1. The van der Waals surface area contributed by atoms with Crippen LogP contribution in [0.2, 0.25) is 0 Å². The number of hydrogen-bond acceptors (Lipinski definition) is 7. The second kappa shape index (κ2) is 12.8. The zero-order valence-electron chi connectivity index (χ0n) is 20.9. The van der Waals surface area contributed by atoms with Crippen LogP contribution in [0.25, 0.3) is 0 Å². The lowest BCUT2D eigenvalue weighted by Gasteiger charge is -2.20. The number of amides is 1. The molecule has 0 spiro atoms. The van der Waals surface area contributed by atoms with E-state index in [9.17, 15) is 23.5 Å². The number of hydrogen-bond donors (Lipinski definition) is 3. The Balaban J connectivity index is 2.26. The van der Waals surface area contributed by atoms with E-state index in [1.54, 1.807) is 57.1 Å². The first-order valence-corrected chi connectivity index (χ1v) is 13.4. The van der Waals surface area contributed by atoms with Gasteiger partial charge >= 0.3 is 7.60 Å². The number of ether oxygens (including phenoxy) is 2. The van der Waals surface area contributed by atoms with Gasteiger partial charge in [-0.1, -0.05) is 24.3 Å². The molecule has 0 aliphatic carbocycles. The van der Waals surface area contributed by atoms with Gasteiger partial charge in [0, 0.05) is 20.2 Å². The minimum Gasteiger partial charge on any atom is -0.491 e. The molecule has 9 nitrogen and oxygen atoms in total. The number of rotatable bonds is 11. The fourth-order valence-corrected chi connectivity index (χ4v) is 3.92. The molecule has 2 aromatic rings. The lowest BCUT2D eigenvalue weighted by molar-refractivity contribution is -0.118. The third-order valence-electron chi connectivity index (χ3n) is 4.60. The van der Waals surface area contributed by atoms with Gasteiger partial charge < -0.3 is 29.5 Å². The molecule has 0 aliphatic heterocycles. The smallest absolute Gasteiger partial charge is 0.356 e. The van der Waals surface area contributed by atoms with E-state index in [2.05, 4.69) is 10.3 Å². The summed E-state index contributed by atoms with van der Waals surface area (Å²) in [5, 5.41) is 2.14. The minimum absolute atomic E-state index is 0.115. The number of allylic oxidation sites excluding steroid dienone is 3. The molecule has 196 valence electrons. The van der Waals surface area contributed by atoms with Gasteiger partial charge in [-0.15, -0.1) is 0 Å². The van der Waals surface area contributed by atoms with Gasteiger partial charge in [-0.3, -0.25) is 9.36 Å². The van der Waals surface area contributed by atoms with Gasteiger partial charge in [0.15, 0.2) is 16.0 Å². The summed E-state index contributed by atoms with van der Waals surface area (Å²) in [5.74, 6) is 0.311. The molecular formula is C24H31FN3O6PS. The van der Waals surface area contributed by atoms with Gasteiger partial charge in [0.1, 0.15) is 11.5 Å². The van der Waals surface area contributed by atoms with E-state index in [4.69, 9.17) is 9.47 Å². The Hall–Kier alpha value is -2.98. The van der Waals surface area contributed by atoms with Crippen LogP contribution in [-0.2, 0) is 14.1 Å². The molecule has 2 rings (SSSR count). The van der Waals surface area contributed by atoms with Crippen LogP contribution < -0.4 is 20.3 Å². The Bertz CT molecular complexity index is 1200. The average molecular weight is 540 g/mol. The number of carbonyl (C=O) groups excluding carboxylic acids is 1. The molecule has 3 N–H and O–H groups in total. The third kappa shape index (κ3) is 8.91. The molecule has 0 saturated carbocycles. The van der Waals surface area contributed by atoms with Crippen molar-refractivity contribution in [3.63, 3.8) is 0 Å². The standard InChI is InChI=1S/C24H31FN3O6PS/c1-7-17(34-21-11-10-19(35(30,31)32)13-20(21)28(5)6)12-18(33-15(2)3)9-8-16(4)23(29)27-24-26-14-22(25)36-24/h7-16H,1-6H3,(H,26,27,29)(H2,30,31,32)/b9-8?,17-7+,18-12+. The highest BCUT2D eigenvalue weighted by molar-refractivity contribution is 7.60. The Morgan fingerprint density at radius 1 is 1.25 bits per heavy atom. The molecule has 0 saturated heterocycles. The fourth-order valence-electron chi connectivity index (χ4n) is 2.81. The highest BCUT2D eigenvalue weighted by atomic mass is 32.1. The monoisotopic (exact) mass is 539 g/mol. The van der Waals surface area contributed by atoms with Crippen molar-refractivity contribution < 1.29 is 33.0 Å². The number of nitrogens with zero attached hydrogens (tertiary/aromatic N) is 2. The second-order valence-corrected chi connectivity index (χ2v) is 10.8. The highest BCUT2D eigenvalue weighted by Crippen LogP contribution is 2.37. The summed E-state index contributed by atoms with van der Waals surface area (Å²) in [6, 6.07) is 4.20. The SMILES string of the molecule is C/C=C(\C=C(/C=CC(C)C(=O)Nc1ncc(F)s1)OC(C)C)Oc1ccc(P(=O)(O)O)cc1N(C)C. The quantitative estimate of drug-likeness (QED) is 0.216. The number of thiazole rings is 1. The molecule has 36 heavy (non-hydrogen) atoms. The van der Waals surface area contributed by atoms with Crippen LogP contribution in [0, 0.1) is 11.0 Å². The van der Waals surface area contributed by atoms with E-state index in [1.807, 2.05) is 13.8 Å². The highest BCUT2D eigenvalue weighted by Gasteiger charge is 2.20. The van der Waals surface area contributed by atoms with E-state index >= 15 is 0 Å². The molecule has 0 radical (unpaired) electrons. The molecule has 12 heteroatoms. The van der Waals surface area contributed by atoms with Crippen molar-refractivity contribution in [1.82, 2.24) is 4.98 Å². The van der Waals surface area contributed by atoms with Crippen molar-refractivity contribution in [2.75, 3.05) is 24.3 Å². The summed E-state index contributed by atoms with van der Waals surface area (Å²) in [6.07, 6.45) is 7.51. The van der Waals surface area contributed by atoms with Crippen molar-refractivity contribution in [3.05, 3.63) is 65.3 Å². The summed E-state index contributed by atoms with van der Waals surface area (Å²) in [5.41, 5.74) is 0.481. The predicted octanol–water partition coefficient (Wildman–Crippen LogP) is 4.57. The van der Waals surface area contributed by atoms with Gasteiger partial charge in [-0.05, 0) is 51.1 Å². The van der Waals surface area contributed by atoms with Gasteiger partial charge in [0.25, 0.3) is 0 Å². The molecule has 0 fully saturated rings. The Kier molecular flexibility index (Phi) is 10.4. The van der Waals surface area contributed by atoms with Crippen molar-refractivity contribution in [1.29, 1.82) is 0 Å². The van der Waals surface area contributed by atoms with Crippen molar-refractivity contribution in [3.8, 4) is 5.75 Å². The van der Waals surface area contributed by atoms with Crippen molar-refractivity contribution in [2.45, 2.75) is 33.8 Å². The Labute approximate surface area is 214 Å². The van der Waals surface area contributed by atoms with Crippen molar-refractivity contribution in [2.24, 2.45) is 5.92 Å². The van der Waals surface area contributed by atoms with Crippen LogP contribution in [0.3, 0.4) is 0 Å². The van der Waals surface area contributed by atoms with Crippen LogP contribution >= 0.6 is 18.9 Å². The first-order chi connectivity index (χ1) is 16.8. The van der Waals surface area contributed by atoms with E-state index < -0.39 is 18.6 Å². The number of nitrogens with one attached hydrogen (secondary N) is 1. The maximum absolute atomic E-state index is 13.1. The molecule has 0 aliphatic rings. The zero-order chi connectivity index (χ0) is 27.0. The largest absolute Gasteiger partial charge is 0.491 e. The zero-order valence-corrected chi connectivity index (χ0v) is 22.6.